The molecule has 0 aliphatic heterocycles. The van der Waals surface area contributed by atoms with Crippen LogP contribution in [0.15, 0.2) is 18.2 Å². The highest BCUT2D eigenvalue weighted by Crippen LogP contribution is 2.30. The molecule has 4 nitrogen and oxygen atoms in total. The van der Waals surface area contributed by atoms with Gasteiger partial charge in [0, 0.05) is 5.69 Å². The summed E-state index contributed by atoms with van der Waals surface area (Å²) in [6.45, 7) is 6.36. The predicted octanol–water partition coefficient (Wildman–Crippen LogP) is 4.76. The van der Waals surface area contributed by atoms with E-state index in [0.717, 1.165) is 30.0 Å². The van der Waals surface area contributed by atoms with Crippen molar-refractivity contribution in [2.45, 2.75) is 77.7 Å². The molecule has 2 rings (SSSR count). The second-order valence-electron chi connectivity index (χ2n) is 7.50. The summed E-state index contributed by atoms with van der Waals surface area (Å²) in [6.07, 6.45) is 8.30. The molecule has 0 radical (unpaired) electrons. The summed E-state index contributed by atoms with van der Waals surface area (Å²) in [4.78, 5) is 12.1. The third kappa shape index (κ3) is 5.23. The van der Waals surface area contributed by atoms with E-state index >= 15 is 0 Å². The third-order valence-corrected chi connectivity index (χ3v) is 5.18. The zero-order valence-electron chi connectivity index (χ0n) is 15.3. The van der Waals surface area contributed by atoms with E-state index in [4.69, 9.17) is 5.21 Å². The zero-order valence-corrected chi connectivity index (χ0v) is 15.3. The lowest BCUT2D eigenvalue weighted by Gasteiger charge is -2.25. The first-order valence-corrected chi connectivity index (χ1v) is 9.32. The fourth-order valence-corrected chi connectivity index (χ4v) is 3.71. The van der Waals surface area contributed by atoms with Crippen LogP contribution < -0.4 is 10.8 Å². The number of hydroxylamine groups is 1. The molecule has 0 heterocycles. The number of aryl methyl sites for hydroxylation is 1. The van der Waals surface area contributed by atoms with Gasteiger partial charge in [0.1, 0.15) is 6.04 Å². The number of anilines is 1. The van der Waals surface area contributed by atoms with Gasteiger partial charge in [-0.05, 0) is 48.8 Å². The summed E-state index contributed by atoms with van der Waals surface area (Å²) in [5.74, 6) is 0.753. The van der Waals surface area contributed by atoms with Crippen molar-refractivity contribution in [3.63, 3.8) is 0 Å². The van der Waals surface area contributed by atoms with Gasteiger partial charge in [-0.25, -0.2) is 5.48 Å². The first kappa shape index (κ1) is 18.8. The minimum absolute atomic E-state index is 0.345. The van der Waals surface area contributed by atoms with Crippen molar-refractivity contribution >= 4 is 11.6 Å². The van der Waals surface area contributed by atoms with Crippen LogP contribution >= 0.6 is 0 Å². The van der Waals surface area contributed by atoms with Crippen molar-refractivity contribution in [2.24, 2.45) is 5.92 Å². The molecule has 134 valence electrons. The van der Waals surface area contributed by atoms with Gasteiger partial charge in [0.15, 0.2) is 0 Å². The molecular formula is C20H32N2O2. The Balaban J connectivity index is 2.08. The number of carbonyl (C=O) groups is 1. The molecule has 1 fully saturated rings. The molecule has 0 saturated heterocycles. The summed E-state index contributed by atoms with van der Waals surface area (Å²) >= 11 is 0. The highest BCUT2D eigenvalue weighted by atomic mass is 16.5. The highest BCUT2D eigenvalue weighted by molar-refractivity contribution is 5.84. The molecule has 3 N–H and O–H groups in total. The largest absolute Gasteiger partial charge is 0.373 e. The number of nitrogens with one attached hydrogen (secondary N) is 2. The Hall–Kier alpha value is -1.55. The summed E-state index contributed by atoms with van der Waals surface area (Å²) in [6, 6.07) is 5.92. The molecule has 1 amide bonds. The molecular weight excluding hydrogens is 300 g/mol. The lowest BCUT2D eigenvalue weighted by molar-refractivity contribution is -0.130. The van der Waals surface area contributed by atoms with Gasteiger partial charge in [0.2, 0.25) is 0 Å². The number of hydrogen-bond donors (Lipinski definition) is 3. The van der Waals surface area contributed by atoms with Crippen LogP contribution in [0.1, 0.15) is 75.8 Å². The molecule has 0 unspecified atom stereocenters. The molecule has 1 aliphatic carbocycles. The van der Waals surface area contributed by atoms with Gasteiger partial charge in [0.25, 0.3) is 5.91 Å². The SMILES string of the molecule is Cc1ccc(C(C)C)c(N[C@@H](CCC2CCCCC2)C(=O)NO)c1. The van der Waals surface area contributed by atoms with Crippen LogP contribution in [0.4, 0.5) is 5.69 Å². The monoisotopic (exact) mass is 332 g/mol. The Morgan fingerprint density at radius 2 is 1.96 bits per heavy atom. The molecule has 24 heavy (non-hydrogen) atoms. The van der Waals surface area contributed by atoms with Crippen molar-refractivity contribution in [1.82, 2.24) is 5.48 Å². The molecule has 1 aromatic carbocycles. The lowest BCUT2D eigenvalue weighted by Crippen LogP contribution is -2.38. The van der Waals surface area contributed by atoms with Crippen molar-refractivity contribution in [2.75, 3.05) is 5.32 Å². The summed E-state index contributed by atoms with van der Waals surface area (Å²) in [5.41, 5.74) is 5.20. The second kappa shape index (κ2) is 9.07. The minimum Gasteiger partial charge on any atom is -0.373 e. The van der Waals surface area contributed by atoms with Crippen LogP contribution in [0, 0.1) is 12.8 Å². The van der Waals surface area contributed by atoms with E-state index in [0.29, 0.717) is 5.92 Å². The highest BCUT2D eigenvalue weighted by Gasteiger charge is 2.22. The van der Waals surface area contributed by atoms with Crippen molar-refractivity contribution in [3.8, 4) is 0 Å². The quantitative estimate of drug-likeness (QED) is 0.498. The van der Waals surface area contributed by atoms with E-state index in [-0.39, 0.29) is 5.91 Å². The second-order valence-corrected chi connectivity index (χ2v) is 7.50. The Morgan fingerprint density at radius 1 is 1.25 bits per heavy atom. The maximum atomic E-state index is 12.1. The Labute approximate surface area is 146 Å². The fourth-order valence-electron chi connectivity index (χ4n) is 3.71. The maximum absolute atomic E-state index is 12.1. The minimum atomic E-state index is -0.392. The van der Waals surface area contributed by atoms with Crippen LogP contribution in [0.2, 0.25) is 0 Å². The normalized spacial score (nSPS) is 16.9. The van der Waals surface area contributed by atoms with E-state index in [1.54, 1.807) is 0 Å². The number of hydrogen-bond acceptors (Lipinski definition) is 3. The molecule has 0 spiro atoms. The van der Waals surface area contributed by atoms with E-state index in [1.165, 1.54) is 37.7 Å². The topological polar surface area (TPSA) is 61.4 Å². The predicted molar refractivity (Wildman–Crippen MR) is 98.4 cm³/mol. The van der Waals surface area contributed by atoms with Crippen LogP contribution in [0.3, 0.4) is 0 Å². The van der Waals surface area contributed by atoms with E-state index < -0.39 is 6.04 Å². The van der Waals surface area contributed by atoms with Gasteiger partial charge in [-0.3, -0.25) is 10.0 Å². The van der Waals surface area contributed by atoms with Crippen molar-refractivity contribution in [3.05, 3.63) is 29.3 Å². The summed E-state index contributed by atoms with van der Waals surface area (Å²) in [5, 5.41) is 12.5. The summed E-state index contributed by atoms with van der Waals surface area (Å²) in [7, 11) is 0. The lowest BCUT2D eigenvalue weighted by atomic mass is 9.85. The van der Waals surface area contributed by atoms with Gasteiger partial charge < -0.3 is 5.32 Å². The molecule has 1 saturated carbocycles. The first-order valence-electron chi connectivity index (χ1n) is 9.32. The average Bonchev–Trinajstić information content (AvgIpc) is 2.58. The molecule has 0 bridgehead atoms. The molecule has 1 aliphatic rings. The van der Waals surface area contributed by atoms with Gasteiger partial charge >= 0.3 is 0 Å². The zero-order chi connectivity index (χ0) is 17.5. The third-order valence-electron chi connectivity index (χ3n) is 5.18. The van der Waals surface area contributed by atoms with Gasteiger partial charge in [-0.1, -0.05) is 58.1 Å². The summed E-state index contributed by atoms with van der Waals surface area (Å²) < 4.78 is 0. The molecule has 1 aromatic rings. The van der Waals surface area contributed by atoms with E-state index in [9.17, 15) is 4.79 Å². The Kier molecular flexibility index (Phi) is 7.10. The van der Waals surface area contributed by atoms with E-state index in [2.05, 4.69) is 44.3 Å². The molecule has 1 atom stereocenters. The van der Waals surface area contributed by atoms with Crippen molar-refractivity contribution in [1.29, 1.82) is 0 Å². The smallest absolute Gasteiger partial charge is 0.265 e. The fraction of sp³-hybridized carbons (Fsp3) is 0.650. The van der Waals surface area contributed by atoms with E-state index in [1.807, 2.05) is 5.48 Å². The standard InChI is InChI=1S/C20H32N2O2/c1-14(2)17-11-9-15(3)13-19(17)21-18(20(23)22-24)12-10-16-7-5-4-6-8-16/h9,11,13-14,16,18,21,24H,4-8,10,12H2,1-3H3,(H,22,23)/t18-/m0/s1. The Morgan fingerprint density at radius 3 is 2.58 bits per heavy atom. The van der Waals surface area contributed by atoms with Crippen LogP contribution in [0.5, 0.6) is 0 Å². The van der Waals surface area contributed by atoms with Crippen molar-refractivity contribution < 1.29 is 10.0 Å². The molecule has 4 heteroatoms. The molecule has 0 aromatic heterocycles. The number of carbonyl (C=O) groups excluding carboxylic acids is 1. The number of benzene rings is 1. The van der Waals surface area contributed by atoms with Gasteiger partial charge in [0.05, 0.1) is 0 Å². The van der Waals surface area contributed by atoms with Crippen LogP contribution in [0.25, 0.3) is 0 Å². The van der Waals surface area contributed by atoms with Gasteiger partial charge in [-0.2, -0.15) is 0 Å². The van der Waals surface area contributed by atoms with Crippen LogP contribution in [-0.2, 0) is 4.79 Å². The average molecular weight is 332 g/mol. The first-order chi connectivity index (χ1) is 11.5. The number of rotatable bonds is 7. The van der Waals surface area contributed by atoms with Crippen LogP contribution in [-0.4, -0.2) is 17.2 Å². The maximum Gasteiger partial charge on any atom is 0.265 e. The Bertz CT molecular complexity index is 536. The van der Waals surface area contributed by atoms with Gasteiger partial charge in [-0.15, -0.1) is 0 Å². The number of amides is 1.